The molecule has 0 unspecified atom stereocenters. The van der Waals surface area contributed by atoms with E-state index >= 15 is 0 Å². The maximum Gasteiger partial charge on any atom is 0.138 e. The van der Waals surface area contributed by atoms with Crippen LogP contribution in [0.15, 0.2) is 0 Å². The summed E-state index contributed by atoms with van der Waals surface area (Å²) in [6, 6.07) is 0. The van der Waals surface area contributed by atoms with Crippen molar-refractivity contribution in [3.8, 4) is 0 Å². The summed E-state index contributed by atoms with van der Waals surface area (Å²) in [5.74, 6) is 0.257. The van der Waals surface area contributed by atoms with Gasteiger partial charge in [-0.25, -0.2) is 0 Å². The highest BCUT2D eigenvalue weighted by Crippen LogP contribution is 2.24. The highest BCUT2D eigenvalue weighted by atomic mass is 35.5. The lowest BCUT2D eigenvalue weighted by molar-refractivity contribution is -0.126. The second kappa shape index (κ2) is 5.21. The van der Waals surface area contributed by atoms with Crippen LogP contribution in [0.25, 0.3) is 0 Å². The van der Waals surface area contributed by atoms with Crippen molar-refractivity contribution in [3.05, 3.63) is 16.4 Å². The Morgan fingerprint density at radius 1 is 1.41 bits per heavy atom. The van der Waals surface area contributed by atoms with Gasteiger partial charge in [0.05, 0.1) is 16.4 Å². The largest absolute Gasteiger partial charge is 0.299 e. The van der Waals surface area contributed by atoms with Crippen LogP contribution in [0.4, 0.5) is 0 Å². The van der Waals surface area contributed by atoms with Gasteiger partial charge in [-0.15, -0.1) is 0 Å². The summed E-state index contributed by atoms with van der Waals surface area (Å²) in [6.07, 6.45) is 2.00. The first-order valence-corrected chi connectivity index (χ1v) is 6.38. The maximum atomic E-state index is 11.9. The Bertz CT molecular complexity index is 416. The zero-order chi connectivity index (χ0) is 13.2. The average molecular weight is 257 g/mol. The van der Waals surface area contributed by atoms with Crippen molar-refractivity contribution in [2.45, 2.75) is 47.0 Å². The van der Waals surface area contributed by atoms with Crippen LogP contribution in [-0.2, 0) is 24.7 Å². The Kier molecular flexibility index (Phi) is 4.36. The van der Waals surface area contributed by atoms with Crippen molar-refractivity contribution < 1.29 is 4.79 Å². The van der Waals surface area contributed by atoms with E-state index in [1.165, 1.54) is 0 Å². The molecule has 1 rings (SSSR count). The van der Waals surface area contributed by atoms with Crippen LogP contribution in [0.5, 0.6) is 0 Å². The zero-order valence-electron chi connectivity index (χ0n) is 11.3. The van der Waals surface area contributed by atoms with Crippen LogP contribution in [0.1, 0.15) is 45.5 Å². The number of halogens is 1. The molecule has 17 heavy (non-hydrogen) atoms. The number of rotatable bonds is 4. The molecule has 0 atom stereocenters. The Labute approximate surface area is 108 Å². The molecule has 1 aromatic heterocycles. The maximum absolute atomic E-state index is 11.9. The molecule has 0 aliphatic carbocycles. The van der Waals surface area contributed by atoms with E-state index in [2.05, 4.69) is 5.10 Å². The van der Waals surface area contributed by atoms with E-state index in [0.29, 0.717) is 12.8 Å². The van der Waals surface area contributed by atoms with Crippen molar-refractivity contribution >= 4 is 17.4 Å². The molecule has 0 saturated carbocycles. The van der Waals surface area contributed by atoms with Crippen molar-refractivity contribution in [2.75, 3.05) is 0 Å². The molecule has 0 fully saturated rings. The third kappa shape index (κ3) is 3.32. The molecule has 0 aliphatic rings. The molecule has 0 saturated heterocycles. The van der Waals surface area contributed by atoms with Crippen molar-refractivity contribution in [1.82, 2.24) is 9.78 Å². The number of Topliss-reactive ketones (excluding diaryl/α,β-unsaturated/α-hetero) is 1. The summed E-state index contributed by atoms with van der Waals surface area (Å²) in [6.45, 7) is 7.85. The molecule has 0 bridgehead atoms. The lowest BCUT2D eigenvalue weighted by Crippen LogP contribution is -2.20. The number of carbonyl (C=O) groups is 1. The van der Waals surface area contributed by atoms with Crippen molar-refractivity contribution in [3.63, 3.8) is 0 Å². The minimum Gasteiger partial charge on any atom is -0.299 e. The number of carbonyl (C=O) groups excluding carboxylic acids is 1. The predicted octanol–water partition coefficient (Wildman–Crippen LogP) is 3.18. The van der Waals surface area contributed by atoms with Gasteiger partial charge in [0.1, 0.15) is 5.78 Å². The van der Waals surface area contributed by atoms with Crippen LogP contribution in [0.3, 0.4) is 0 Å². The fourth-order valence-electron chi connectivity index (χ4n) is 1.70. The summed E-state index contributed by atoms with van der Waals surface area (Å²) < 4.78 is 1.79. The van der Waals surface area contributed by atoms with Crippen LogP contribution in [0.2, 0.25) is 5.02 Å². The molecule has 1 aromatic rings. The zero-order valence-corrected chi connectivity index (χ0v) is 12.1. The molecule has 4 heteroatoms. The van der Waals surface area contributed by atoms with Gasteiger partial charge >= 0.3 is 0 Å². The number of aryl methyl sites for hydroxylation is 2. The first-order chi connectivity index (χ1) is 7.77. The third-order valence-electron chi connectivity index (χ3n) is 2.93. The lowest BCUT2D eigenvalue weighted by atomic mass is 9.88. The smallest absolute Gasteiger partial charge is 0.138 e. The SMILES string of the molecule is CCc1nn(C)c(CCC(=O)C(C)(C)C)c1Cl. The fourth-order valence-corrected chi connectivity index (χ4v) is 2.09. The number of hydrogen-bond donors (Lipinski definition) is 0. The van der Waals surface area contributed by atoms with Crippen LogP contribution < -0.4 is 0 Å². The number of aromatic nitrogens is 2. The summed E-state index contributed by atoms with van der Waals surface area (Å²) in [4.78, 5) is 11.9. The van der Waals surface area contributed by atoms with E-state index in [-0.39, 0.29) is 11.2 Å². The van der Waals surface area contributed by atoms with E-state index in [1.54, 1.807) is 4.68 Å². The van der Waals surface area contributed by atoms with Gasteiger partial charge in [0.2, 0.25) is 0 Å². The van der Waals surface area contributed by atoms with E-state index in [0.717, 1.165) is 22.8 Å². The second-order valence-electron chi connectivity index (χ2n) is 5.36. The first-order valence-electron chi connectivity index (χ1n) is 6.01. The first kappa shape index (κ1) is 14.2. The van der Waals surface area contributed by atoms with Crippen LogP contribution >= 0.6 is 11.6 Å². The molecule has 0 amide bonds. The highest BCUT2D eigenvalue weighted by Gasteiger charge is 2.22. The third-order valence-corrected chi connectivity index (χ3v) is 3.36. The van der Waals surface area contributed by atoms with Gasteiger partial charge in [0.25, 0.3) is 0 Å². The molecule has 0 N–H and O–H groups in total. The summed E-state index contributed by atoms with van der Waals surface area (Å²) >= 11 is 6.23. The normalized spacial score (nSPS) is 11.9. The molecule has 0 spiro atoms. The number of hydrogen-bond acceptors (Lipinski definition) is 2. The molecular formula is C13H21ClN2O. The van der Waals surface area contributed by atoms with E-state index in [4.69, 9.17) is 11.6 Å². The predicted molar refractivity (Wildman–Crippen MR) is 70.4 cm³/mol. The molecule has 0 aromatic carbocycles. The quantitative estimate of drug-likeness (QED) is 0.829. The summed E-state index contributed by atoms with van der Waals surface area (Å²) in [5, 5.41) is 5.06. The monoisotopic (exact) mass is 256 g/mol. The molecule has 0 radical (unpaired) electrons. The van der Waals surface area contributed by atoms with Gasteiger partial charge in [-0.05, 0) is 12.8 Å². The summed E-state index contributed by atoms with van der Waals surface area (Å²) in [7, 11) is 1.88. The molecule has 0 aliphatic heterocycles. The van der Waals surface area contributed by atoms with E-state index < -0.39 is 0 Å². The number of ketones is 1. The Balaban J connectivity index is 2.77. The topological polar surface area (TPSA) is 34.9 Å². The van der Waals surface area contributed by atoms with Gasteiger partial charge in [0, 0.05) is 18.9 Å². The van der Waals surface area contributed by atoms with Crippen LogP contribution in [0, 0.1) is 5.41 Å². The van der Waals surface area contributed by atoms with Crippen LogP contribution in [-0.4, -0.2) is 15.6 Å². The van der Waals surface area contributed by atoms with Gasteiger partial charge in [0.15, 0.2) is 0 Å². The second-order valence-corrected chi connectivity index (χ2v) is 5.74. The number of nitrogens with zero attached hydrogens (tertiary/aromatic N) is 2. The Hall–Kier alpha value is -0.830. The highest BCUT2D eigenvalue weighted by molar-refractivity contribution is 6.31. The Morgan fingerprint density at radius 2 is 2.00 bits per heavy atom. The van der Waals surface area contributed by atoms with E-state index in [9.17, 15) is 4.79 Å². The van der Waals surface area contributed by atoms with Crippen molar-refractivity contribution in [1.29, 1.82) is 0 Å². The standard InChI is InChI=1S/C13H21ClN2O/c1-6-9-12(14)10(16(5)15-9)7-8-11(17)13(2,3)4/h6-8H2,1-5H3. The van der Waals surface area contributed by atoms with E-state index in [1.807, 2.05) is 34.7 Å². The molecule has 96 valence electrons. The molecular weight excluding hydrogens is 236 g/mol. The molecule has 1 heterocycles. The van der Waals surface area contributed by atoms with Crippen molar-refractivity contribution in [2.24, 2.45) is 12.5 Å². The van der Waals surface area contributed by atoms with Gasteiger partial charge in [-0.3, -0.25) is 9.48 Å². The minimum absolute atomic E-state index is 0.257. The Morgan fingerprint density at radius 3 is 2.41 bits per heavy atom. The molecule has 3 nitrogen and oxygen atoms in total. The lowest BCUT2D eigenvalue weighted by Gasteiger charge is -2.16. The van der Waals surface area contributed by atoms with Gasteiger partial charge < -0.3 is 0 Å². The van der Waals surface area contributed by atoms with Gasteiger partial charge in [-0.1, -0.05) is 39.3 Å². The summed E-state index contributed by atoms with van der Waals surface area (Å²) in [5.41, 5.74) is 1.59. The fraction of sp³-hybridized carbons (Fsp3) is 0.692. The van der Waals surface area contributed by atoms with Gasteiger partial charge in [-0.2, -0.15) is 5.10 Å². The average Bonchev–Trinajstić information content (AvgIpc) is 2.49. The minimum atomic E-state index is -0.279.